The minimum Gasteiger partial charge on any atom is -0.383 e. The van der Waals surface area contributed by atoms with E-state index in [1.165, 1.54) is 6.92 Å². The van der Waals surface area contributed by atoms with Crippen LogP contribution in [-0.4, -0.2) is 23.3 Å². The van der Waals surface area contributed by atoms with Crippen LogP contribution in [0.1, 0.15) is 24.2 Å². The number of methoxy groups -OCH3 is 1. The first-order chi connectivity index (χ1) is 9.92. The third-order valence-electron chi connectivity index (χ3n) is 3.23. The molecule has 0 fully saturated rings. The number of hydrogen-bond acceptors (Lipinski definition) is 3. The van der Waals surface area contributed by atoms with Crippen molar-refractivity contribution in [2.75, 3.05) is 19.0 Å². The Morgan fingerprint density at radius 2 is 2.00 bits per heavy atom. The number of anilines is 2. The van der Waals surface area contributed by atoms with E-state index in [2.05, 4.69) is 10.3 Å². The molecule has 6 heteroatoms. The van der Waals surface area contributed by atoms with Crippen molar-refractivity contribution in [3.8, 4) is 0 Å². The van der Waals surface area contributed by atoms with Crippen molar-refractivity contribution in [1.82, 2.24) is 9.55 Å². The summed E-state index contributed by atoms with van der Waals surface area (Å²) in [4.78, 5) is 4.31. The fourth-order valence-corrected chi connectivity index (χ4v) is 2.13. The quantitative estimate of drug-likeness (QED) is 0.913. The molecule has 2 aromatic rings. The highest BCUT2D eigenvalue weighted by molar-refractivity contribution is 5.56. The number of halogens is 2. The van der Waals surface area contributed by atoms with Crippen LogP contribution in [0, 0.1) is 25.5 Å². The van der Waals surface area contributed by atoms with E-state index in [-0.39, 0.29) is 17.3 Å². The zero-order chi connectivity index (χ0) is 15.6. The molecule has 0 spiro atoms. The van der Waals surface area contributed by atoms with Crippen LogP contribution in [0.5, 0.6) is 0 Å². The lowest BCUT2D eigenvalue weighted by Crippen LogP contribution is -2.13. The molecule has 0 bridgehead atoms. The molecule has 2 rings (SSSR count). The average molecular weight is 295 g/mol. The van der Waals surface area contributed by atoms with Crippen LogP contribution < -0.4 is 5.32 Å². The average Bonchev–Trinajstić information content (AvgIpc) is 2.77. The Bertz CT molecular complexity index is 640. The van der Waals surface area contributed by atoms with Gasteiger partial charge in [0.2, 0.25) is 5.95 Å². The molecule has 1 aromatic heterocycles. The van der Waals surface area contributed by atoms with Crippen molar-refractivity contribution in [2.45, 2.75) is 26.8 Å². The summed E-state index contributed by atoms with van der Waals surface area (Å²) in [5, 5.41) is 2.85. The second-order valence-electron chi connectivity index (χ2n) is 5.12. The van der Waals surface area contributed by atoms with E-state index in [9.17, 15) is 8.78 Å². The van der Waals surface area contributed by atoms with Crippen LogP contribution in [0.25, 0.3) is 0 Å². The van der Waals surface area contributed by atoms with Gasteiger partial charge in [-0.05, 0) is 32.4 Å². The van der Waals surface area contributed by atoms with Gasteiger partial charge in [0.05, 0.1) is 24.0 Å². The van der Waals surface area contributed by atoms with Gasteiger partial charge in [-0.1, -0.05) is 0 Å². The van der Waals surface area contributed by atoms with Crippen molar-refractivity contribution < 1.29 is 13.5 Å². The molecule has 0 aliphatic rings. The number of aryl methyl sites for hydroxylation is 2. The predicted octanol–water partition coefficient (Wildman–Crippen LogP) is 3.73. The molecule has 0 radical (unpaired) electrons. The molecule has 0 aliphatic heterocycles. The second-order valence-corrected chi connectivity index (χ2v) is 5.12. The van der Waals surface area contributed by atoms with Crippen LogP contribution in [-0.2, 0) is 4.74 Å². The monoisotopic (exact) mass is 295 g/mol. The van der Waals surface area contributed by atoms with E-state index in [0.29, 0.717) is 12.6 Å². The van der Waals surface area contributed by atoms with Gasteiger partial charge < -0.3 is 14.6 Å². The molecule has 4 nitrogen and oxygen atoms in total. The number of hydrogen-bond donors (Lipinski definition) is 1. The summed E-state index contributed by atoms with van der Waals surface area (Å²) in [6, 6.07) is 2.33. The van der Waals surface area contributed by atoms with E-state index < -0.39 is 11.6 Å². The number of rotatable bonds is 5. The van der Waals surface area contributed by atoms with E-state index in [1.54, 1.807) is 7.11 Å². The molecular weight excluding hydrogens is 276 g/mol. The number of benzene rings is 1. The summed E-state index contributed by atoms with van der Waals surface area (Å²) in [5.41, 5.74) is 1.12. The lowest BCUT2D eigenvalue weighted by atomic mass is 10.2. The van der Waals surface area contributed by atoms with E-state index in [4.69, 9.17) is 4.74 Å². The van der Waals surface area contributed by atoms with Gasteiger partial charge in [0, 0.05) is 19.4 Å². The lowest BCUT2D eigenvalue weighted by molar-refractivity contribution is 0.163. The molecule has 114 valence electrons. The topological polar surface area (TPSA) is 39.1 Å². The maximum atomic E-state index is 13.9. The van der Waals surface area contributed by atoms with Crippen LogP contribution in [0.2, 0.25) is 0 Å². The van der Waals surface area contributed by atoms with Gasteiger partial charge in [0.15, 0.2) is 0 Å². The summed E-state index contributed by atoms with van der Waals surface area (Å²) >= 11 is 0. The highest BCUT2D eigenvalue weighted by Gasteiger charge is 2.14. The second kappa shape index (κ2) is 6.22. The van der Waals surface area contributed by atoms with Crippen molar-refractivity contribution >= 4 is 11.6 Å². The molecule has 1 N–H and O–H groups in total. The van der Waals surface area contributed by atoms with Crippen LogP contribution in [0.4, 0.5) is 20.4 Å². The van der Waals surface area contributed by atoms with Crippen molar-refractivity contribution in [2.24, 2.45) is 0 Å². The maximum absolute atomic E-state index is 13.9. The highest BCUT2D eigenvalue weighted by atomic mass is 19.1. The van der Waals surface area contributed by atoms with Gasteiger partial charge in [-0.3, -0.25) is 0 Å². The molecule has 1 heterocycles. The minimum atomic E-state index is -0.513. The first kappa shape index (κ1) is 15.4. The number of nitrogens with one attached hydrogen (secondary N) is 1. The minimum absolute atomic E-state index is 0.0251. The zero-order valence-corrected chi connectivity index (χ0v) is 12.6. The van der Waals surface area contributed by atoms with Gasteiger partial charge in [0.25, 0.3) is 0 Å². The SMILES string of the molecule is COCC(C)n1cc(C)nc1Nc1cc(F)c(C)cc1F. The molecule has 1 atom stereocenters. The summed E-state index contributed by atoms with van der Waals surface area (Å²) < 4.78 is 34.5. The normalized spacial score (nSPS) is 12.5. The van der Waals surface area contributed by atoms with Gasteiger partial charge in [-0.15, -0.1) is 0 Å². The van der Waals surface area contributed by atoms with E-state index in [1.807, 2.05) is 24.6 Å². The zero-order valence-electron chi connectivity index (χ0n) is 12.6. The van der Waals surface area contributed by atoms with Crippen LogP contribution in [0.15, 0.2) is 18.3 Å². The summed E-state index contributed by atoms with van der Waals surface area (Å²) in [6.45, 7) is 5.82. The van der Waals surface area contributed by atoms with Gasteiger partial charge in [-0.2, -0.15) is 0 Å². The number of ether oxygens (including phenoxy) is 1. The van der Waals surface area contributed by atoms with Gasteiger partial charge in [0.1, 0.15) is 11.6 Å². The molecule has 1 unspecified atom stereocenters. The van der Waals surface area contributed by atoms with E-state index >= 15 is 0 Å². The van der Waals surface area contributed by atoms with Crippen LogP contribution >= 0.6 is 0 Å². The maximum Gasteiger partial charge on any atom is 0.207 e. The Balaban J connectivity index is 2.34. The van der Waals surface area contributed by atoms with Gasteiger partial charge in [-0.25, -0.2) is 13.8 Å². The standard InChI is InChI=1S/C15H19F2N3O/c1-9-5-13(17)14(6-12(9)16)19-15-18-10(2)7-20(15)11(3)8-21-4/h5-7,11H,8H2,1-4H3,(H,18,19). The summed E-state index contributed by atoms with van der Waals surface area (Å²) in [7, 11) is 1.61. The third-order valence-corrected chi connectivity index (χ3v) is 3.23. The predicted molar refractivity (Wildman–Crippen MR) is 77.9 cm³/mol. The molecular formula is C15H19F2N3O. The first-order valence-electron chi connectivity index (χ1n) is 6.69. The largest absolute Gasteiger partial charge is 0.383 e. The lowest BCUT2D eigenvalue weighted by Gasteiger charge is -2.16. The Hall–Kier alpha value is -1.95. The number of imidazole rings is 1. The molecule has 0 amide bonds. The summed E-state index contributed by atoms with van der Waals surface area (Å²) in [6.07, 6.45) is 1.84. The molecule has 21 heavy (non-hydrogen) atoms. The summed E-state index contributed by atoms with van der Waals surface area (Å²) in [5.74, 6) is -0.515. The third kappa shape index (κ3) is 3.39. The first-order valence-corrected chi connectivity index (χ1v) is 6.69. The Morgan fingerprint density at radius 3 is 2.67 bits per heavy atom. The smallest absolute Gasteiger partial charge is 0.207 e. The molecule has 0 saturated carbocycles. The van der Waals surface area contributed by atoms with Crippen molar-refractivity contribution in [1.29, 1.82) is 0 Å². The Labute approximate surface area is 122 Å². The van der Waals surface area contributed by atoms with Gasteiger partial charge >= 0.3 is 0 Å². The highest BCUT2D eigenvalue weighted by Crippen LogP contribution is 2.24. The molecule has 0 saturated heterocycles. The fraction of sp³-hybridized carbons (Fsp3) is 0.400. The van der Waals surface area contributed by atoms with Crippen molar-refractivity contribution in [3.63, 3.8) is 0 Å². The Morgan fingerprint density at radius 1 is 1.29 bits per heavy atom. The molecule has 1 aromatic carbocycles. The van der Waals surface area contributed by atoms with E-state index in [0.717, 1.165) is 17.8 Å². The Kier molecular flexibility index (Phi) is 4.57. The van der Waals surface area contributed by atoms with Crippen LogP contribution in [0.3, 0.4) is 0 Å². The van der Waals surface area contributed by atoms with Crippen molar-refractivity contribution in [3.05, 3.63) is 41.2 Å². The number of nitrogens with zero attached hydrogens (tertiary/aromatic N) is 2. The molecule has 0 aliphatic carbocycles. The fourth-order valence-electron chi connectivity index (χ4n) is 2.13. The number of aromatic nitrogens is 2.